The molecule has 1 aliphatic heterocycles. The van der Waals surface area contributed by atoms with Crippen LogP contribution in [0.2, 0.25) is 0 Å². The van der Waals surface area contributed by atoms with Gasteiger partial charge in [-0.2, -0.15) is 0 Å². The summed E-state index contributed by atoms with van der Waals surface area (Å²) in [6, 6.07) is 14.6. The molecule has 20 heavy (non-hydrogen) atoms. The van der Waals surface area contributed by atoms with E-state index in [1.54, 1.807) is 0 Å². The molecule has 1 N–H and O–H groups in total. The fraction of sp³-hybridized carbons (Fsp3) is 0.188. The third kappa shape index (κ3) is 1.72. The average molecular weight is 265 g/mol. The number of nitrogens with one attached hydrogen (secondary N) is 1. The Bertz CT molecular complexity index is 778. The summed E-state index contributed by atoms with van der Waals surface area (Å²) in [5.74, 6) is 0.919. The molecule has 0 fully saturated rings. The van der Waals surface area contributed by atoms with Crippen molar-refractivity contribution in [2.24, 2.45) is 7.05 Å². The number of fused-ring (bicyclic) bond motifs is 2. The van der Waals surface area contributed by atoms with Gasteiger partial charge in [0, 0.05) is 7.05 Å². The summed E-state index contributed by atoms with van der Waals surface area (Å²) < 4.78 is 7.85. The fourth-order valence-electron chi connectivity index (χ4n) is 2.66. The monoisotopic (exact) mass is 265 g/mol. The van der Waals surface area contributed by atoms with Crippen LogP contribution < -0.4 is 10.1 Å². The number of imidazole rings is 1. The van der Waals surface area contributed by atoms with Crippen LogP contribution in [-0.4, -0.2) is 16.2 Å². The Hall–Kier alpha value is -2.49. The van der Waals surface area contributed by atoms with Gasteiger partial charge in [0.15, 0.2) is 0 Å². The molecule has 0 saturated carbocycles. The summed E-state index contributed by atoms with van der Waals surface area (Å²) in [6.07, 6.45) is 1.84. The number of nitrogens with zero attached hydrogens (tertiary/aromatic N) is 2. The summed E-state index contributed by atoms with van der Waals surface area (Å²) in [5, 5.41) is 3.53. The van der Waals surface area contributed by atoms with Crippen LogP contribution in [0, 0.1) is 0 Å². The molecule has 4 heteroatoms. The van der Waals surface area contributed by atoms with Crippen molar-refractivity contribution in [3.63, 3.8) is 0 Å². The summed E-state index contributed by atoms with van der Waals surface area (Å²) in [6.45, 7) is 0.634. The first-order valence-electron chi connectivity index (χ1n) is 6.70. The van der Waals surface area contributed by atoms with Gasteiger partial charge < -0.3 is 14.6 Å². The Balaban J connectivity index is 1.70. The van der Waals surface area contributed by atoms with E-state index in [0.29, 0.717) is 6.61 Å². The van der Waals surface area contributed by atoms with Crippen molar-refractivity contribution in [2.75, 3.05) is 11.9 Å². The number of para-hydroxylation sites is 2. The van der Waals surface area contributed by atoms with E-state index >= 15 is 0 Å². The van der Waals surface area contributed by atoms with Gasteiger partial charge in [0.1, 0.15) is 12.4 Å². The zero-order valence-corrected chi connectivity index (χ0v) is 11.2. The number of hydrogen-bond acceptors (Lipinski definition) is 3. The first-order valence-corrected chi connectivity index (χ1v) is 6.70. The van der Waals surface area contributed by atoms with Crippen LogP contribution >= 0.6 is 0 Å². The maximum absolute atomic E-state index is 5.82. The van der Waals surface area contributed by atoms with Crippen LogP contribution in [0.3, 0.4) is 0 Å². The molecule has 0 spiro atoms. The highest BCUT2D eigenvalue weighted by Gasteiger charge is 2.20. The minimum Gasteiger partial charge on any atom is -0.489 e. The molecule has 0 radical (unpaired) electrons. The lowest BCUT2D eigenvalue weighted by Gasteiger charge is -2.27. The van der Waals surface area contributed by atoms with Gasteiger partial charge in [-0.3, -0.25) is 0 Å². The van der Waals surface area contributed by atoms with Crippen molar-refractivity contribution in [3.8, 4) is 5.75 Å². The van der Waals surface area contributed by atoms with Crippen LogP contribution in [-0.2, 0) is 7.05 Å². The predicted molar refractivity (Wildman–Crippen MR) is 79.0 cm³/mol. The summed E-state index contributed by atoms with van der Waals surface area (Å²) in [4.78, 5) is 4.41. The molecule has 2 aromatic carbocycles. The first kappa shape index (κ1) is 11.3. The van der Waals surface area contributed by atoms with Gasteiger partial charge in [0.05, 0.1) is 29.1 Å². The van der Waals surface area contributed by atoms with Crippen LogP contribution in [0.15, 0.2) is 48.8 Å². The van der Waals surface area contributed by atoms with Gasteiger partial charge in [-0.25, -0.2) is 4.98 Å². The lowest BCUT2D eigenvalue weighted by Crippen LogP contribution is -2.23. The van der Waals surface area contributed by atoms with E-state index in [2.05, 4.69) is 28.5 Å². The lowest BCUT2D eigenvalue weighted by molar-refractivity contribution is 0.286. The molecule has 4 nitrogen and oxygen atoms in total. The second kappa shape index (κ2) is 4.27. The molecule has 2 heterocycles. The summed E-state index contributed by atoms with van der Waals surface area (Å²) in [7, 11) is 2.01. The smallest absolute Gasteiger partial charge is 0.142 e. The molecule has 1 aliphatic rings. The highest BCUT2D eigenvalue weighted by Crippen LogP contribution is 2.33. The van der Waals surface area contributed by atoms with Gasteiger partial charge >= 0.3 is 0 Å². The van der Waals surface area contributed by atoms with E-state index in [0.717, 1.165) is 22.5 Å². The van der Waals surface area contributed by atoms with Crippen LogP contribution in [0.4, 0.5) is 5.69 Å². The quantitative estimate of drug-likeness (QED) is 0.734. The maximum Gasteiger partial charge on any atom is 0.142 e. The molecule has 0 amide bonds. The van der Waals surface area contributed by atoms with E-state index in [9.17, 15) is 0 Å². The predicted octanol–water partition coefficient (Wildman–Crippen LogP) is 3.12. The average Bonchev–Trinajstić information content (AvgIpc) is 2.88. The van der Waals surface area contributed by atoms with E-state index < -0.39 is 0 Å². The molecule has 1 aromatic heterocycles. The molecule has 0 saturated heterocycles. The molecular formula is C16H15N3O. The molecule has 1 unspecified atom stereocenters. The second-order valence-corrected chi connectivity index (χ2v) is 5.11. The Morgan fingerprint density at radius 2 is 2.15 bits per heavy atom. The third-order valence-corrected chi connectivity index (χ3v) is 3.77. The zero-order chi connectivity index (χ0) is 13.5. The van der Waals surface area contributed by atoms with E-state index in [1.165, 1.54) is 5.56 Å². The normalized spacial score (nSPS) is 17.4. The second-order valence-electron chi connectivity index (χ2n) is 5.11. The Labute approximate surface area is 117 Å². The van der Waals surface area contributed by atoms with Crippen LogP contribution in [0.1, 0.15) is 11.6 Å². The third-order valence-electron chi connectivity index (χ3n) is 3.77. The number of rotatable bonds is 1. The Morgan fingerprint density at radius 3 is 3.10 bits per heavy atom. The van der Waals surface area contributed by atoms with Crippen molar-refractivity contribution in [2.45, 2.75) is 6.04 Å². The minimum absolute atomic E-state index is 0.163. The number of aryl methyl sites for hydroxylation is 1. The minimum atomic E-state index is 0.163. The van der Waals surface area contributed by atoms with Crippen molar-refractivity contribution < 1.29 is 4.74 Å². The van der Waals surface area contributed by atoms with Crippen LogP contribution in [0.5, 0.6) is 5.75 Å². The molecule has 4 rings (SSSR count). The SMILES string of the molecule is Cn1cnc2cc(C3COc4ccccc4N3)ccc21. The number of hydrogen-bond donors (Lipinski definition) is 1. The summed E-state index contributed by atoms with van der Waals surface area (Å²) in [5.41, 5.74) is 4.41. The van der Waals surface area contributed by atoms with E-state index in [-0.39, 0.29) is 6.04 Å². The summed E-state index contributed by atoms with van der Waals surface area (Å²) >= 11 is 0. The topological polar surface area (TPSA) is 39.1 Å². The molecule has 0 bridgehead atoms. The Morgan fingerprint density at radius 1 is 1.25 bits per heavy atom. The number of ether oxygens (including phenoxy) is 1. The molecule has 1 atom stereocenters. The molecule has 0 aliphatic carbocycles. The maximum atomic E-state index is 5.82. The van der Waals surface area contributed by atoms with Gasteiger partial charge in [0.25, 0.3) is 0 Å². The zero-order valence-electron chi connectivity index (χ0n) is 11.2. The number of benzene rings is 2. The lowest BCUT2D eigenvalue weighted by atomic mass is 10.0. The van der Waals surface area contributed by atoms with E-state index in [4.69, 9.17) is 4.74 Å². The molecule has 100 valence electrons. The largest absolute Gasteiger partial charge is 0.489 e. The van der Waals surface area contributed by atoms with Gasteiger partial charge in [-0.15, -0.1) is 0 Å². The highest BCUT2D eigenvalue weighted by atomic mass is 16.5. The van der Waals surface area contributed by atoms with Crippen LogP contribution in [0.25, 0.3) is 11.0 Å². The fourth-order valence-corrected chi connectivity index (χ4v) is 2.66. The molecular weight excluding hydrogens is 250 g/mol. The number of anilines is 1. The Kier molecular flexibility index (Phi) is 2.42. The van der Waals surface area contributed by atoms with Gasteiger partial charge in [-0.05, 0) is 29.8 Å². The van der Waals surface area contributed by atoms with Crippen molar-refractivity contribution in [1.82, 2.24) is 9.55 Å². The number of aromatic nitrogens is 2. The highest BCUT2D eigenvalue weighted by molar-refractivity contribution is 5.76. The molecule has 3 aromatic rings. The standard InChI is InChI=1S/C16H15N3O/c1-19-10-17-13-8-11(6-7-15(13)19)14-9-20-16-5-3-2-4-12(16)18-14/h2-8,10,14,18H,9H2,1H3. The van der Waals surface area contributed by atoms with Crippen molar-refractivity contribution >= 4 is 16.7 Å². The van der Waals surface area contributed by atoms with Gasteiger partial charge in [0.2, 0.25) is 0 Å². The van der Waals surface area contributed by atoms with E-state index in [1.807, 2.05) is 42.2 Å². The van der Waals surface area contributed by atoms with Crippen molar-refractivity contribution in [3.05, 3.63) is 54.4 Å². The van der Waals surface area contributed by atoms with Gasteiger partial charge in [-0.1, -0.05) is 18.2 Å². The first-order chi connectivity index (χ1) is 9.81. The van der Waals surface area contributed by atoms with Crippen molar-refractivity contribution in [1.29, 1.82) is 0 Å².